The molecule has 1 aliphatic heterocycles. The summed E-state index contributed by atoms with van der Waals surface area (Å²) in [5, 5.41) is 3.52. The number of nitrogens with one attached hydrogen (secondary N) is 1. The van der Waals surface area contributed by atoms with Gasteiger partial charge < -0.3 is 15.0 Å². The van der Waals surface area contributed by atoms with Crippen LogP contribution in [0.3, 0.4) is 0 Å². The number of rotatable bonds is 3. The van der Waals surface area contributed by atoms with E-state index >= 15 is 0 Å². The van der Waals surface area contributed by atoms with E-state index in [1.807, 2.05) is 19.2 Å². The molecule has 0 saturated carbocycles. The summed E-state index contributed by atoms with van der Waals surface area (Å²) in [5.74, 6) is 0.983. The van der Waals surface area contributed by atoms with E-state index in [1.165, 1.54) is 18.5 Å². The van der Waals surface area contributed by atoms with Gasteiger partial charge in [-0.25, -0.2) is 0 Å². The van der Waals surface area contributed by atoms with Gasteiger partial charge in [0.1, 0.15) is 5.75 Å². The minimum atomic E-state index is 0.0274. The van der Waals surface area contributed by atoms with Crippen molar-refractivity contribution in [2.45, 2.75) is 18.4 Å². The molecule has 0 spiro atoms. The summed E-state index contributed by atoms with van der Waals surface area (Å²) in [7, 11) is 5.97. The van der Waals surface area contributed by atoms with Crippen LogP contribution in [0.2, 0.25) is 0 Å². The molecule has 1 unspecified atom stereocenters. The standard InChI is InChI=1S/C14H22N2O/c1-15-14(9-6-10-16(2)11-14)12-7-4-5-8-13(12)17-3/h4-5,7-8,15H,6,9-11H2,1-3H3. The van der Waals surface area contributed by atoms with Crippen LogP contribution in [0, 0.1) is 0 Å². The molecule has 2 rings (SSSR count). The number of likely N-dealkylation sites (tertiary alicyclic amines) is 1. The number of hydrogen-bond acceptors (Lipinski definition) is 3. The molecule has 1 aromatic rings. The van der Waals surface area contributed by atoms with Crippen molar-refractivity contribution in [3.05, 3.63) is 29.8 Å². The number of hydrogen-bond donors (Lipinski definition) is 1. The first-order valence-electron chi connectivity index (χ1n) is 6.23. The first-order chi connectivity index (χ1) is 8.22. The number of benzene rings is 1. The summed E-state index contributed by atoms with van der Waals surface area (Å²) >= 11 is 0. The van der Waals surface area contributed by atoms with E-state index in [0.717, 1.165) is 18.7 Å². The molecule has 1 heterocycles. The summed E-state index contributed by atoms with van der Waals surface area (Å²) in [4.78, 5) is 2.38. The van der Waals surface area contributed by atoms with E-state index < -0.39 is 0 Å². The molecule has 1 N–H and O–H groups in total. The van der Waals surface area contributed by atoms with E-state index in [0.29, 0.717) is 0 Å². The molecule has 1 aromatic carbocycles. The fraction of sp³-hybridized carbons (Fsp3) is 0.571. The molecular weight excluding hydrogens is 212 g/mol. The zero-order chi connectivity index (χ0) is 12.3. The maximum atomic E-state index is 5.50. The third-order valence-corrected chi connectivity index (χ3v) is 3.78. The number of nitrogens with zero attached hydrogens (tertiary/aromatic N) is 1. The molecule has 3 nitrogen and oxygen atoms in total. The summed E-state index contributed by atoms with van der Waals surface area (Å²) in [6.07, 6.45) is 2.38. The van der Waals surface area contributed by atoms with Gasteiger partial charge in [0.05, 0.1) is 12.6 Å². The Morgan fingerprint density at radius 3 is 2.76 bits per heavy atom. The van der Waals surface area contributed by atoms with Gasteiger partial charge in [0.25, 0.3) is 0 Å². The third kappa shape index (κ3) is 2.31. The van der Waals surface area contributed by atoms with Crippen LogP contribution in [-0.4, -0.2) is 39.2 Å². The Balaban J connectivity index is 2.39. The van der Waals surface area contributed by atoms with Gasteiger partial charge in [-0.05, 0) is 39.5 Å². The summed E-state index contributed by atoms with van der Waals surface area (Å²) in [6.45, 7) is 2.21. The van der Waals surface area contributed by atoms with E-state index in [-0.39, 0.29) is 5.54 Å². The van der Waals surface area contributed by atoms with Gasteiger partial charge in [-0.1, -0.05) is 18.2 Å². The van der Waals surface area contributed by atoms with Crippen molar-refractivity contribution in [3.63, 3.8) is 0 Å². The molecule has 0 aliphatic carbocycles. The van der Waals surface area contributed by atoms with Crippen LogP contribution in [-0.2, 0) is 5.54 Å². The highest BCUT2D eigenvalue weighted by Gasteiger charge is 2.36. The first kappa shape index (κ1) is 12.4. The van der Waals surface area contributed by atoms with E-state index in [9.17, 15) is 0 Å². The Kier molecular flexibility index (Phi) is 3.69. The third-order valence-electron chi connectivity index (χ3n) is 3.78. The number of para-hydroxylation sites is 1. The smallest absolute Gasteiger partial charge is 0.123 e. The van der Waals surface area contributed by atoms with E-state index in [4.69, 9.17) is 4.74 Å². The molecular formula is C14H22N2O. The lowest BCUT2D eigenvalue weighted by molar-refractivity contribution is 0.149. The van der Waals surface area contributed by atoms with Crippen molar-refractivity contribution in [2.75, 3.05) is 34.3 Å². The molecule has 0 amide bonds. The van der Waals surface area contributed by atoms with Gasteiger partial charge in [0.2, 0.25) is 0 Å². The lowest BCUT2D eigenvalue weighted by Gasteiger charge is -2.42. The zero-order valence-electron chi connectivity index (χ0n) is 11.0. The maximum absolute atomic E-state index is 5.50. The summed E-state index contributed by atoms with van der Waals surface area (Å²) < 4.78 is 5.50. The Bertz CT molecular complexity index is 380. The molecule has 1 fully saturated rings. The van der Waals surface area contributed by atoms with Crippen molar-refractivity contribution in [1.82, 2.24) is 10.2 Å². The average Bonchev–Trinajstić information content (AvgIpc) is 2.38. The van der Waals surface area contributed by atoms with Crippen molar-refractivity contribution in [3.8, 4) is 5.75 Å². The fourth-order valence-corrected chi connectivity index (χ4v) is 2.87. The molecule has 0 radical (unpaired) electrons. The fourth-order valence-electron chi connectivity index (χ4n) is 2.87. The second kappa shape index (κ2) is 5.07. The molecule has 0 aromatic heterocycles. The summed E-state index contributed by atoms with van der Waals surface area (Å²) in [6, 6.07) is 8.33. The quantitative estimate of drug-likeness (QED) is 0.863. The van der Waals surface area contributed by atoms with Gasteiger partial charge in [-0.3, -0.25) is 0 Å². The SMILES string of the molecule is CNC1(c2ccccc2OC)CCCN(C)C1. The Morgan fingerprint density at radius 2 is 2.12 bits per heavy atom. The topological polar surface area (TPSA) is 24.5 Å². The molecule has 1 saturated heterocycles. The predicted molar refractivity (Wildman–Crippen MR) is 70.5 cm³/mol. The van der Waals surface area contributed by atoms with Crippen LogP contribution in [0.5, 0.6) is 5.75 Å². The molecule has 0 bridgehead atoms. The van der Waals surface area contributed by atoms with Crippen LogP contribution >= 0.6 is 0 Å². The van der Waals surface area contributed by atoms with Crippen LogP contribution in [0.15, 0.2) is 24.3 Å². The lowest BCUT2D eigenvalue weighted by atomic mass is 9.82. The van der Waals surface area contributed by atoms with Crippen molar-refractivity contribution >= 4 is 0 Å². The predicted octanol–water partition coefficient (Wildman–Crippen LogP) is 1.84. The molecule has 1 aliphatic rings. The number of piperidine rings is 1. The van der Waals surface area contributed by atoms with E-state index in [1.54, 1.807) is 7.11 Å². The summed E-state index contributed by atoms with van der Waals surface area (Å²) in [5.41, 5.74) is 1.30. The zero-order valence-corrected chi connectivity index (χ0v) is 11.0. The molecule has 3 heteroatoms. The second-order valence-corrected chi connectivity index (χ2v) is 4.87. The minimum Gasteiger partial charge on any atom is -0.496 e. The number of likely N-dealkylation sites (N-methyl/N-ethyl adjacent to an activating group) is 2. The Hall–Kier alpha value is -1.06. The van der Waals surface area contributed by atoms with Crippen molar-refractivity contribution in [2.24, 2.45) is 0 Å². The maximum Gasteiger partial charge on any atom is 0.123 e. The van der Waals surface area contributed by atoms with Crippen LogP contribution in [0.1, 0.15) is 18.4 Å². The number of methoxy groups -OCH3 is 1. The minimum absolute atomic E-state index is 0.0274. The van der Waals surface area contributed by atoms with Gasteiger partial charge in [0, 0.05) is 12.1 Å². The molecule has 17 heavy (non-hydrogen) atoms. The first-order valence-corrected chi connectivity index (χ1v) is 6.23. The van der Waals surface area contributed by atoms with Crippen LogP contribution in [0.4, 0.5) is 0 Å². The number of ether oxygens (including phenoxy) is 1. The highest BCUT2D eigenvalue weighted by atomic mass is 16.5. The Labute approximate surface area is 104 Å². The van der Waals surface area contributed by atoms with Crippen LogP contribution in [0.25, 0.3) is 0 Å². The highest BCUT2D eigenvalue weighted by molar-refractivity contribution is 5.40. The van der Waals surface area contributed by atoms with E-state index in [2.05, 4.69) is 29.4 Å². The molecule has 1 atom stereocenters. The second-order valence-electron chi connectivity index (χ2n) is 4.87. The van der Waals surface area contributed by atoms with Gasteiger partial charge in [0.15, 0.2) is 0 Å². The van der Waals surface area contributed by atoms with Crippen molar-refractivity contribution < 1.29 is 4.74 Å². The Morgan fingerprint density at radius 1 is 1.35 bits per heavy atom. The van der Waals surface area contributed by atoms with Gasteiger partial charge in [-0.2, -0.15) is 0 Å². The van der Waals surface area contributed by atoms with Gasteiger partial charge in [-0.15, -0.1) is 0 Å². The lowest BCUT2D eigenvalue weighted by Crippen LogP contribution is -2.52. The average molecular weight is 234 g/mol. The van der Waals surface area contributed by atoms with Crippen LogP contribution < -0.4 is 10.1 Å². The largest absolute Gasteiger partial charge is 0.496 e. The van der Waals surface area contributed by atoms with Gasteiger partial charge >= 0.3 is 0 Å². The highest BCUT2D eigenvalue weighted by Crippen LogP contribution is 2.36. The normalized spacial score (nSPS) is 25.8. The molecule has 94 valence electrons. The van der Waals surface area contributed by atoms with Crippen molar-refractivity contribution in [1.29, 1.82) is 0 Å². The monoisotopic (exact) mass is 234 g/mol.